The molecule has 1 aromatic rings. The molecule has 8 nitrogen and oxygen atoms in total. The maximum atomic E-state index is 12.2. The van der Waals surface area contributed by atoms with Crippen LogP contribution in [0.15, 0.2) is 29.2 Å². The molecule has 0 unspecified atom stereocenters. The molecule has 2 rings (SSSR count). The van der Waals surface area contributed by atoms with Crippen LogP contribution in [0, 0.1) is 10.1 Å². The number of hydrogen-bond acceptors (Lipinski definition) is 5. The van der Waals surface area contributed by atoms with Crippen LogP contribution in [0.5, 0.6) is 0 Å². The summed E-state index contributed by atoms with van der Waals surface area (Å²) in [5, 5.41) is 10.9. The van der Waals surface area contributed by atoms with E-state index in [-0.39, 0.29) is 5.91 Å². The molecule has 1 aromatic carbocycles. The molecule has 0 aliphatic carbocycles. The molecule has 0 radical (unpaired) electrons. The highest BCUT2D eigenvalue weighted by Crippen LogP contribution is 2.22. The van der Waals surface area contributed by atoms with Crippen LogP contribution < -0.4 is 4.72 Å². The van der Waals surface area contributed by atoms with Gasteiger partial charge in [0, 0.05) is 19.2 Å². The van der Waals surface area contributed by atoms with Gasteiger partial charge in [0.2, 0.25) is 15.9 Å². The molecular weight excluding hydrogens is 310 g/mol. The Morgan fingerprint density at radius 1 is 1.23 bits per heavy atom. The van der Waals surface area contributed by atoms with Crippen LogP contribution in [-0.2, 0) is 14.8 Å². The lowest BCUT2D eigenvalue weighted by atomic mass is 10.1. The van der Waals surface area contributed by atoms with E-state index in [1.54, 1.807) is 4.90 Å². The number of nitrogens with one attached hydrogen (secondary N) is 1. The van der Waals surface area contributed by atoms with Gasteiger partial charge in [-0.3, -0.25) is 14.9 Å². The van der Waals surface area contributed by atoms with E-state index in [2.05, 4.69) is 4.72 Å². The van der Waals surface area contributed by atoms with E-state index in [1.807, 2.05) is 0 Å². The number of sulfonamides is 1. The van der Waals surface area contributed by atoms with E-state index >= 15 is 0 Å². The van der Waals surface area contributed by atoms with Crippen LogP contribution in [0.4, 0.5) is 5.69 Å². The predicted molar refractivity (Wildman–Crippen MR) is 78.7 cm³/mol. The van der Waals surface area contributed by atoms with Gasteiger partial charge in [-0.15, -0.1) is 0 Å². The van der Waals surface area contributed by atoms with Crippen molar-refractivity contribution in [1.82, 2.24) is 9.62 Å². The van der Waals surface area contributed by atoms with Gasteiger partial charge in [-0.2, -0.15) is 0 Å². The highest BCUT2D eigenvalue weighted by atomic mass is 32.2. The van der Waals surface area contributed by atoms with E-state index in [4.69, 9.17) is 0 Å². The van der Waals surface area contributed by atoms with Gasteiger partial charge in [-0.1, -0.05) is 12.1 Å². The van der Waals surface area contributed by atoms with Crippen LogP contribution in [0.2, 0.25) is 0 Å². The summed E-state index contributed by atoms with van der Waals surface area (Å²) in [7, 11) is -4.11. The van der Waals surface area contributed by atoms with E-state index in [9.17, 15) is 23.3 Å². The van der Waals surface area contributed by atoms with Crippen LogP contribution in [0.1, 0.15) is 19.3 Å². The highest BCUT2D eigenvalue weighted by Gasteiger charge is 2.26. The quantitative estimate of drug-likeness (QED) is 0.638. The molecule has 0 spiro atoms. The minimum absolute atomic E-state index is 0.318. The molecule has 1 saturated heterocycles. The van der Waals surface area contributed by atoms with Crippen molar-refractivity contribution in [2.45, 2.75) is 24.2 Å². The fourth-order valence-corrected chi connectivity index (χ4v) is 3.47. The van der Waals surface area contributed by atoms with Crippen molar-refractivity contribution in [3.8, 4) is 0 Å². The van der Waals surface area contributed by atoms with Crippen LogP contribution in [-0.4, -0.2) is 43.8 Å². The van der Waals surface area contributed by atoms with Crippen molar-refractivity contribution in [3.05, 3.63) is 34.4 Å². The van der Waals surface area contributed by atoms with E-state index in [1.165, 1.54) is 12.1 Å². The van der Waals surface area contributed by atoms with Gasteiger partial charge in [0.05, 0.1) is 11.5 Å². The SMILES string of the molecule is O=C(CNS(=O)(=O)c1ccccc1[N+](=O)[O-])N1CCCCC1. The predicted octanol–water partition coefficient (Wildman–Crippen LogP) is 0.886. The molecule has 1 heterocycles. The number of hydrogen-bond donors (Lipinski definition) is 1. The van der Waals surface area contributed by atoms with Crippen molar-refractivity contribution < 1.29 is 18.1 Å². The second kappa shape index (κ2) is 6.84. The van der Waals surface area contributed by atoms with E-state index in [0.717, 1.165) is 31.4 Å². The lowest BCUT2D eigenvalue weighted by Gasteiger charge is -2.26. The average molecular weight is 327 g/mol. The fourth-order valence-electron chi connectivity index (χ4n) is 2.32. The minimum Gasteiger partial charge on any atom is -0.342 e. The molecule has 0 saturated carbocycles. The highest BCUT2D eigenvalue weighted by molar-refractivity contribution is 7.89. The molecule has 0 atom stereocenters. The minimum atomic E-state index is -4.11. The maximum Gasteiger partial charge on any atom is 0.289 e. The Labute approximate surface area is 128 Å². The first-order valence-electron chi connectivity index (χ1n) is 6.92. The zero-order valence-corrected chi connectivity index (χ0v) is 12.7. The summed E-state index contributed by atoms with van der Waals surface area (Å²) in [5.41, 5.74) is -0.513. The molecule has 9 heteroatoms. The Kier molecular flexibility index (Phi) is 5.09. The standard InChI is InChI=1S/C13H17N3O5S/c17-13(15-8-4-1-5-9-15)10-14-22(20,21)12-7-3-2-6-11(12)16(18)19/h2-3,6-7,14H,1,4-5,8-10H2. The largest absolute Gasteiger partial charge is 0.342 e. The number of benzene rings is 1. The summed E-state index contributed by atoms with van der Waals surface area (Å²) in [6, 6.07) is 5.04. The maximum absolute atomic E-state index is 12.2. The molecule has 1 aliphatic rings. The monoisotopic (exact) mass is 327 g/mol. The van der Waals surface area contributed by atoms with Crippen molar-refractivity contribution in [1.29, 1.82) is 0 Å². The van der Waals surface area contributed by atoms with Gasteiger partial charge in [0.25, 0.3) is 5.69 Å². The molecule has 1 fully saturated rings. The number of carbonyl (C=O) groups is 1. The fraction of sp³-hybridized carbons (Fsp3) is 0.462. The van der Waals surface area contributed by atoms with Crippen LogP contribution in [0.3, 0.4) is 0 Å². The van der Waals surface area contributed by atoms with Gasteiger partial charge in [-0.05, 0) is 25.3 Å². The Balaban J connectivity index is 2.08. The van der Waals surface area contributed by atoms with Crippen LogP contribution >= 0.6 is 0 Å². The third kappa shape index (κ3) is 3.80. The van der Waals surface area contributed by atoms with E-state index in [0.29, 0.717) is 13.1 Å². The van der Waals surface area contributed by atoms with Gasteiger partial charge < -0.3 is 4.90 Å². The summed E-state index contributed by atoms with van der Waals surface area (Å²) in [4.78, 5) is 23.3. The molecule has 120 valence electrons. The van der Waals surface area contributed by atoms with E-state index < -0.39 is 32.1 Å². The number of nitrogens with zero attached hydrogens (tertiary/aromatic N) is 2. The summed E-state index contributed by atoms with van der Waals surface area (Å²) in [5.74, 6) is -0.318. The second-order valence-electron chi connectivity index (χ2n) is 4.99. The average Bonchev–Trinajstić information content (AvgIpc) is 2.53. The first-order valence-corrected chi connectivity index (χ1v) is 8.41. The summed E-state index contributed by atoms with van der Waals surface area (Å²) >= 11 is 0. The summed E-state index contributed by atoms with van der Waals surface area (Å²) < 4.78 is 26.5. The Morgan fingerprint density at radius 3 is 2.50 bits per heavy atom. The molecule has 0 bridgehead atoms. The smallest absolute Gasteiger partial charge is 0.289 e. The van der Waals surface area contributed by atoms with Crippen molar-refractivity contribution in [3.63, 3.8) is 0 Å². The third-order valence-electron chi connectivity index (χ3n) is 3.47. The zero-order valence-electron chi connectivity index (χ0n) is 11.9. The van der Waals surface area contributed by atoms with Crippen molar-refractivity contribution in [2.75, 3.05) is 19.6 Å². The van der Waals surface area contributed by atoms with Gasteiger partial charge >= 0.3 is 0 Å². The molecule has 0 aromatic heterocycles. The molecule has 22 heavy (non-hydrogen) atoms. The molecule has 1 N–H and O–H groups in total. The summed E-state index contributed by atoms with van der Waals surface area (Å²) in [6.07, 6.45) is 2.87. The number of amides is 1. The number of nitro groups is 1. The number of nitro benzene ring substituents is 1. The first-order chi connectivity index (χ1) is 10.4. The topological polar surface area (TPSA) is 110 Å². The Morgan fingerprint density at radius 2 is 1.86 bits per heavy atom. The first kappa shape index (κ1) is 16.4. The van der Waals surface area contributed by atoms with Crippen LogP contribution in [0.25, 0.3) is 0 Å². The summed E-state index contributed by atoms with van der Waals surface area (Å²) in [6.45, 7) is 0.840. The normalized spacial score (nSPS) is 15.5. The van der Waals surface area contributed by atoms with Crippen molar-refractivity contribution in [2.24, 2.45) is 0 Å². The Hall–Kier alpha value is -2.00. The Bertz CT molecular complexity index is 668. The van der Waals surface area contributed by atoms with Gasteiger partial charge in [0.15, 0.2) is 4.90 Å². The molecular formula is C13H17N3O5S. The number of para-hydroxylation sites is 1. The number of rotatable bonds is 5. The molecule has 1 amide bonds. The van der Waals surface area contributed by atoms with Gasteiger partial charge in [-0.25, -0.2) is 13.1 Å². The number of likely N-dealkylation sites (tertiary alicyclic amines) is 1. The third-order valence-corrected chi connectivity index (χ3v) is 4.92. The zero-order chi connectivity index (χ0) is 16.2. The number of carbonyl (C=O) groups excluding carboxylic acids is 1. The van der Waals surface area contributed by atoms with Crippen molar-refractivity contribution >= 4 is 21.6 Å². The number of piperidine rings is 1. The second-order valence-corrected chi connectivity index (χ2v) is 6.73. The van der Waals surface area contributed by atoms with Gasteiger partial charge in [0.1, 0.15) is 0 Å². The molecule has 1 aliphatic heterocycles. The lowest BCUT2D eigenvalue weighted by Crippen LogP contribution is -2.42. The lowest BCUT2D eigenvalue weighted by molar-refractivity contribution is -0.387.